The van der Waals surface area contributed by atoms with Crippen LogP contribution in [0.25, 0.3) is 0 Å². The predicted molar refractivity (Wildman–Crippen MR) is 57.3 cm³/mol. The topological polar surface area (TPSA) is 68.0 Å². The van der Waals surface area contributed by atoms with Gasteiger partial charge in [0.05, 0.1) is 11.7 Å². The molecule has 1 amide bonds. The van der Waals surface area contributed by atoms with Gasteiger partial charge < -0.3 is 11.1 Å². The molecule has 0 saturated heterocycles. The maximum atomic E-state index is 11.4. The number of nitrogens with zero attached hydrogens (tertiary/aromatic N) is 1. The number of rotatable bonds is 4. The number of carbonyl (C=O) groups excluding carboxylic acids is 1. The van der Waals surface area contributed by atoms with Crippen LogP contribution in [0.3, 0.4) is 0 Å². The highest BCUT2D eigenvalue weighted by Gasteiger charge is 2.11. The molecular weight excluding hydrogens is 198 g/mol. The third-order valence-electron chi connectivity index (χ3n) is 2.01. The SMILES string of the molecule is CC(C)C(N)CNC(=O)c1cncs1. The molecule has 0 bridgehead atoms. The van der Waals surface area contributed by atoms with Gasteiger partial charge >= 0.3 is 0 Å². The minimum atomic E-state index is -0.0939. The molecular formula is C9H15N3OS. The van der Waals surface area contributed by atoms with Gasteiger partial charge in [0.1, 0.15) is 4.88 Å². The smallest absolute Gasteiger partial charge is 0.263 e. The molecule has 4 nitrogen and oxygen atoms in total. The van der Waals surface area contributed by atoms with Gasteiger partial charge in [0, 0.05) is 12.6 Å². The summed E-state index contributed by atoms with van der Waals surface area (Å²) in [5, 5.41) is 2.77. The number of hydrogen-bond donors (Lipinski definition) is 2. The first-order valence-electron chi connectivity index (χ1n) is 4.53. The molecule has 0 radical (unpaired) electrons. The summed E-state index contributed by atoms with van der Waals surface area (Å²) >= 11 is 1.33. The van der Waals surface area contributed by atoms with Crippen LogP contribution < -0.4 is 11.1 Å². The molecule has 0 aliphatic carbocycles. The van der Waals surface area contributed by atoms with E-state index in [0.717, 1.165) is 0 Å². The fraction of sp³-hybridized carbons (Fsp3) is 0.556. The molecule has 1 unspecified atom stereocenters. The molecule has 1 heterocycles. The molecule has 14 heavy (non-hydrogen) atoms. The highest BCUT2D eigenvalue weighted by molar-refractivity contribution is 7.11. The Morgan fingerprint density at radius 3 is 2.93 bits per heavy atom. The number of aromatic nitrogens is 1. The minimum absolute atomic E-state index is 0.00636. The van der Waals surface area contributed by atoms with E-state index in [2.05, 4.69) is 10.3 Å². The zero-order valence-corrected chi connectivity index (χ0v) is 9.17. The van der Waals surface area contributed by atoms with Crippen molar-refractivity contribution in [1.82, 2.24) is 10.3 Å². The summed E-state index contributed by atoms with van der Waals surface area (Å²) in [5.74, 6) is 0.278. The summed E-state index contributed by atoms with van der Waals surface area (Å²) in [6.45, 7) is 4.57. The molecule has 1 aromatic heterocycles. The van der Waals surface area contributed by atoms with Gasteiger partial charge in [0.25, 0.3) is 5.91 Å². The molecule has 5 heteroatoms. The lowest BCUT2D eigenvalue weighted by Crippen LogP contribution is -2.40. The molecule has 0 aromatic carbocycles. The molecule has 0 aliphatic heterocycles. The second kappa shape index (κ2) is 5.07. The zero-order valence-electron chi connectivity index (χ0n) is 8.36. The largest absolute Gasteiger partial charge is 0.350 e. The average molecular weight is 213 g/mol. The van der Waals surface area contributed by atoms with Crippen molar-refractivity contribution in [2.75, 3.05) is 6.54 Å². The lowest BCUT2D eigenvalue weighted by atomic mass is 10.1. The van der Waals surface area contributed by atoms with E-state index in [1.807, 2.05) is 13.8 Å². The van der Waals surface area contributed by atoms with Gasteiger partial charge in [-0.05, 0) is 5.92 Å². The Morgan fingerprint density at radius 2 is 2.43 bits per heavy atom. The van der Waals surface area contributed by atoms with E-state index in [-0.39, 0.29) is 11.9 Å². The lowest BCUT2D eigenvalue weighted by molar-refractivity contribution is 0.0953. The van der Waals surface area contributed by atoms with Crippen LogP contribution in [0.15, 0.2) is 11.7 Å². The fourth-order valence-electron chi connectivity index (χ4n) is 0.861. The first kappa shape index (κ1) is 11.1. The van der Waals surface area contributed by atoms with E-state index in [9.17, 15) is 4.79 Å². The lowest BCUT2D eigenvalue weighted by Gasteiger charge is -2.15. The quantitative estimate of drug-likeness (QED) is 0.779. The third-order valence-corrected chi connectivity index (χ3v) is 2.78. The monoisotopic (exact) mass is 213 g/mol. The van der Waals surface area contributed by atoms with Gasteiger partial charge in [0.2, 0.25) is 0 Å². The summed E-state index contributed by atoms with van der Waals surface area (Å²) in [6.07, 6.45) is 1.56. The summed E-state index contributed by atoms with van der Waals surface area (Å²) in [7, 11) is 0. The Kier molecular flexibility index (Phi) is 4.03. The zero-order chi connectivity index (χ0) is 10.6. The van der Waals surface area contributed by atoms with E-state index in [0.29, 0.717) is 17.3 Å². The van der Waals surface area contributed by atoms with E-state index >= 15 is 0 Å². The standard InChI is InChI=1S/C9H15N3OS/c1-6(2)7(10)3-12-9(13)8-4-11-5-14-8/h4-7H,3,10H2,1-2H3,(H,12,13). The molecule has 78 valence electrons. The number of nitrogens with two attached hydrogens (primary N) is 1. The van der Waals surface area contributed by atoms with E-state index < -0.39 is 0 Å². The van der Waals surface area contributed by atoms with E-state index in [1.54, 1.807) is 11.7 Å². The van der Waals surface area contributed by atoms with Crippen molar-refractivity contribution in [3.05, 3.63) is 16.6 Å². The van der Waals surface area contributed by atoms with Gasteiger partial charge in [-0.1, -0.05) is 13.8 Å². The summed E-state index contributed by atoms with van der Waals surface area (Å²) in [6, 6.07) is 0.00636. The minimum Gasteiger partial charge on any atom is -0.350 e. The van der Waals surface area contributed by atoms with Crippen molar-refractivity contribution in [3.8, 4) is 0 Å². The van der Waals surface area contributed by atoms with E-state index in [4.69, 9.17) is 5.73 Å². The Bertz CT molecular complexity index is 284. The number of nitrogens with one attached hydrogen (secondary N) is 1. The molecule has 0 spiro atoms. The first-order valence-corrected chi connectivity index (χ1v) is 5.41. The van der Waals surface area contributed by atoms with Crippen molar-refractivity contribution >= 4 is 17.2 Å². The van der Waals surface area contributed by atoms with Gasteiger partial charge in [0.15, 0.2) is 0 Å². The van der Waals surface area contributed by atoms with Crippen LogP contribution in [0.1, 0.15) is 23.5 Å². The Balaban J connectivity index is 2.36. The van der Waals surface area contributed by atoms with Crippen molar-refractivity contribution in [2.45, 2.75) is 19.9 Å². The van der Waals surface area contributed by atoms with Gasteiger partial charge in [-0.3, -0.25) is 9.78 Å². The molecule has 1 atom stereocenters. The van der Waals surface area contributed by atoms with Crippen molar-refractivity contribution in [1.29, 1.82) is 0 Å². The molecule has 0 aliphatic rings. The second-order valence-corrected chi connectivity index (χ2v) is 4.37. The molecule has 1 aromatic rings. The van der Waals surface area contributed by atoms with Crippen LogP contribution in [-0.2, 0) is 0 Å². The van der Waals surface area contributed by atoms with E-state index in [1.165, 1.54) is 11.3 Å². The summed E-state index contributed by atoms with van der Waals surface area (Å²) in [5.41, 5.74) is 7.43. The summed E-state index contributed by atoms with van der Waals surface area (Å²) in [4.78, 5) is 15.9. The van der Waals surface area contributed by atoms with Crippen LogP contribution in [0, 0.1) is 5.92 Å². The molecule has 0 fully saturated rings. The number of carbonyl (C=O) groups is 1. The van der Waals surface area contributed by atoms with Crippen molar-refractivity contribution < 1.29 is 4.79 Å². The summed E-state index contributed by atoms with van der Waals surface area (Å²) < 4.78 is 0. The number of thiazole rings is 1. The Labute approximate surface area is 87.5 Å². The van der Waals surface area contributed by atoms with Gasteiger partial charge in [-0.2, -0.15) is 0 Å². The highest BCUT2D eigenvalue weighted by Crippen LogP contribution is 2.04. The number of amides is 1. The third kappa shape index (κ3) is 3.08. The van der Waals surface area contributed by atoms with Crippen LogP contribution in [0.2, 0.25) is 0 Å². The molecule has 3 N–H and O–H groups in total. The van der Waals surface area contributed by atoms with Crippen LogP contribution in [0.5, 0.6) is 0 Å². The predicted octanol–water partition coefficient (Wildman–Crippen LogP) is 0.856. The van der Waals surface area contributed by atoms with Crippen LogP contribution in [0.4, 0.5) is 0 Å². The van der Waals surface area contributed by atoms with Crippen molar-refractivity contribution in [2.24, 2.45) is 11.7 Å². The van der Waals surface area contributed by atoms with Crippen LogP contribution >= 0.6 is 11.3 Å². The normalized spacial score (nSPS) is 12.9. The van der Waals surface area contributed by atoms with Gasteiger partial charge in [-0.25, -0.2) is 0 Å². The highest BCUT2D eigenvalue weighted by atomic mass is 32.1. The second-order valence-electron chi connectivity index (χ2n) is 3.48. The Hall–Kier alpha value is -0.940. The molecule has 0 saturated carbocycles. The van der Waals surface area contributed by atoms with Gasteiger partial charge in [-0.15, -0.1) is 11.3 Å². The van der Waals surface area contributed by atoms with Crippen molar-refractivity contribution in [3.63, 3.8) is 0 Å². The first-order chi connectivity index (χ1) is 6.61. The average Bonchev–Trinajstić information content (AvgIpc) is 2.66. The maximum absolute atomic E-state index is 11.4. The number of hydrogen-bond acceptors (Lipinski definition) is 4. The maximum Gasteiger partial charge on any atom is 0.263 e. The molecule has 1 rings (SSSR count). The van der Waals surface area contributed by atoms with Crippen LogP contribution in [-0.4, -0.2) is 23.5 Å². The Morgan fingerprint density at radius 1 is 1.71 bits per heavy atom. The fourth-order valence-corrected chi connectivity index (χ4v) is 1.40.